The number of benzene rings is 1. The van der Waals surface area contributed by atoms with Gasteiger partial charge in [0.05, 0.1) is 18.8 Å². The quantitative estimate of drug-likeness (QED) is 0.137. The summed E-state index contributed by atoms with van der Waals surface area (Å²) in [6.07, 6.45) is 20.9. The number of ether oxygens (including phenoxy) is 2. The maximum absolute atomic E-state index is 13.0. The summed E-state index contributed by atoms with van der Waals surface area (Å²) in [4.78, 5) is 25.8. The number of carbonyl (C=O) groups excluding carboxylic acids is 2. The Morgan fingerprint density at radius 1 is 0.657 bits per heavy atom. The number of esters is 2. The van der Waals surface area contributed by atoms with Crippen LogP contribution in [0.4, 0.5) is 0 Å². The average Bonchev–Trinajstić information content (AvgIpc) is 3.26. The van der Waals surface area contributed by atoms with E-state index in [2.05, 4.69) is 13.8 Å². The summed E-state index contributed by atoms with van der Waals surface area (Å²) in [5.41, 5.74) is 2.15. The van der Waals surface area contributed by atoms with E-state index in [0.717, 1.165) is 36.8 Å². The Kier molecular flexibility index (Phi) is 15.2. The molecule has 196 valence electrons. The van der Waals surface area contributed by atoms with E-state index < -0.39 is 11.9 Å². The maximum atomic E-state index is 13.0. The largest absolute Gasteiger partial charge is 0.465 e. The van der Waals surface area contributed by atoms with Crippen LogP contribution in [-0.2, 0) is 19.1 Å². The summed E-state index contributed by atoms with van der Waals surface area (Å²) in [5.74, 6) is -1.40. The zero-order chi connectivity index (χ0) is 25.1. The number of hydrogen-bond acceptors (Lipinski definition) is 4. The van der Waals surface area contributed by atoms with Crippen molar-refractivity contribution in [2.24, 2.45) is 0 Å². The predicted molar refractivity (Wildman–Crippen MR) is 144 cm³/mol. The van der Waals surface area contributed by atoms with Crippen LogP contribution in [-0.4, -0.2) is 25.2 Å². The molecule has 0 saturated carbocycles. The highest BCUT2D eigenvalue weighted by Gasteiger charge is 2.37. The van der Waals surface area contributed by atoms with Crippen LogP contribution in [0, 0.1) is 0 Å². The molecule has 1 aromatic carbocycles. The van der Waals surface area contributed by atoms with Gasteiger partial charge in [-0.05, 0) is 30.0 Å². The number of fused-ring (bicyclic) bond motifs is 1. The minimum atomic E-state index is -0.675. The molecule has 1 aliphatic rings. The molecule has 0 N–H and O–H groups in total. The van der Waals surface area contributed by atoms with Gasteiger partial charge in [0.25, 0.3) is 0 Å². The molecule has 0 aliphatic heterocycles. The molecule has 0 aromatic heterocycles. The van der Waals surface area contributed by atoms with Crippen molar-refractivity contribution < 1.29 is 19.1 Å². The lowest BCUT2D eigenvalue weighted by molar-refractivity contribution is -0.147. The molecule has 1 atom stereocenters. The summed E-state index contributed by atoms with van der Waals surface area (Å²) in [5, 5.41) is 0. The Balaban J connectivity index is 1.73. The van der Waals surface area contributed by atoms with Gasteiger partial charge < -0.3 is 9.47 Å². The minimum Gasteiger partial charge on any atom is -0.465 e. The Morgan fingerprint density at radius 3 is 1.71 bits per heavy atom. The molecular weight excluding hydrogens is 436 g/mol. The molecule has 2 rings (SSSR count). The molecule has 4 heteroatoms. The molecule has 0 radical (unpaired) electrons. The van der Waals surface area contributed by atoms with Gasteiger partial charge in [-0.3, -0.25) is 4.79 Å². The van der Waals surface area contributed by atoms with Crippen LogP contribution >= 0.6 is 0 Å². The van der Waals surface area contributed by atoms with E-state index in [1.807, 2.05) is 24.3 Å². The lowest BCUT2D eigenvalue weighted by Crippen LogP contribution is -2.22. The molecule has 0 amide bonds. The normalized spacial score (nSPS) is 14.5. The third-order valence-electron chi connectivity index (χ3n) is 6.87. The first-order valence-electron chi connectivity index (χ1n) is 14.3. The van der Waals surface area contributed by atoms with Gasteiger partial charge in [0, 0.05) is 0 Å². The molecule has 0 bridgehead atoms. The van der Waals surface area contributed by atoms with Crippen molar-refractivity contribution in [3.63, 3.8) is 0 Å². The van der Waals surface area contributed by atoms with E-state index in [9.17, 15) is 9.59 Å². The van der Waals surface area contributed by atoms with Gasteiger partial charge >= 0.3 is 11.9 Å². The lowest BCUT2D eigenvalue weighted by Gasteiger charge is -2.15. The fourth-order valence-corrected chi connectivity index (χ4v) is 4.73. The fraction of sp³-hybridized carbons (Fsp3) is 0.677. The maximum Gasteiger partial charge on any atom is 0.335 e. The van der Waals surface area contributed by atoms with Crippen LogP contribution in [0.3, 0.4) is 0 Å². The number of rotatable bonds is 20. The fourth-order valence-electron chi connectivity index (χ4n) is 4.73. The highest BCUT2D eigenvalue weighted by Crippen LogP contribution is 2.37. The van der Waals surface area contributed by atoms with Crippen LogP contribution in [0.25, 0.3) is 6.08 Å². The second-order valence-electron chi connectivity index (χ2n) is 9.91. The van der Waals surface area contributed by atoms with Crippen LogP contribution in [0.5, 0.6) is 0 Å². The SMILES string of the molecule is CCCCCCCCCCOC(=O)C1=Cc2ccccc2C1C(=O)OCCCCCCCCCC. The first kappa shape index (κ1) is 29.1. The van der Waals surface area contributed by atoms with Crippen LogP contribution in [0.2, 0.25) is 0 Å². The van der Waals surface area contributed by atoms with Gasteiger partial charge in [-0.2, -0.15) is 0 Å². The standard InChI is InChI=1S/C31H48O4/c1-3-5-7-9-11-13-15-19-23-34-30(32)28-25-26-21-17-18-22-27(26)29(28)31(33)35-24-20-16-14-12-10-8-6-4-2/h17-18,21-22,25,29H,3-16,19-20,23-24H2,1-2H3. The summed E-state index contributed by atoms with van der Waals surface area (Å²) in [7, 11) is 0. The monoisotopic (exact) mass is 484 g/mol. The van der Waals surface area contributed by atoms with E-state index in [-0.39, 0.29) is 5.97 Å². The number of carbonyl (C=O) groups is 2. The zero-order valence-corrected chi connectivity index (χ0v) is 22.3. The summed E-state index contributed by atoms with van der Waals surface area (Å²) < 4.78 is 11.2. The Hall–Kier alpha value is -2.10. The molecule has 0 fully saturated rings. The van der Waals surface area contributed by atoms with Crippen LogP contribution < -0.4 is 0 Å². The van der Waals surface area contributed by atoms with E-state index in [4.69, 9.17) is 9.47 Å². The topological polar surface area (TPSA) is 52.6 Å². The van der Waals surface area contributed by atoms with E-state index in [0.29, 0.717) is 18.8 Å². The molecule has 4 nitrogen and oxygen atoms in total. The molecular formula is C31H48O4. The first-order valence-corrected chi connectivity index (χ1v) is 14.3. The average molecular weight is 485 g/mol. The second kappa shape index (κ2) is 18.2. The van der Waals surface area contributed by atoms with E-state index in [1.54, 1.807) is 6.08 Å². The van der Waals surface area contributed by atoms with Crippen molar-refractivity contribution in [1.29, 1.82) is 0 Å². The van der Waals surface area contributed by atoms with Crippen molar-refractivity contribution in [3.8, 4) is 0 Å². The minimum absolute atomic E-state index is 0.340. The second-order valence-corrected chi connectivity index (χ2v) is 9.91. The summed E-state index contributed by atoms with van der Waals surface area (Å²) in [6.45, 7) is 5.28. The van der Waals surface area contributed by atoms with Gasteiger partial charge in [0.15, 0.2) is 0 Å². The zero-order valence-electron chi connectivity index (χ0n) is 22.3. The van der Waals surface area contributed by atoms with Gasteiger partial charge in [0.2, 0.25) is 0 Å². The third-order valence-corrected chi connectivity index (χ3v) is 6.87. The molecule has 1 unspecified atom stereocenters. The van der Waals surface area contributed by atoms with Crippen molar-refractivity contribution in [1.82, 2.24) is 0 Å². The number of unbranched alkanes of at least 4 members (excludes halogenated alkanes) is 14. The van der Waals surface area contributed by atoms with Gasteiger partial charge in [0.1, 0.15) is 5.92 Å². The van der Waals surface area contributed by atoms with Crippen molar-refractivity contribution in [2.75, 3.05) is 13.2 Å². The molecule has 0 saturated heterocycles. The van der Waals surface area contributed by atoms with Gasteiger partial charge in [-0.25, -0.2) is 4.79 Å². The highest BCUT2D eigenvalue weighted by atomic mass is 16.5. The van der Waals surface area contributed by atoms with Gasteiger partial charge in [-0.15, -0.1) is 0 Å². The Bertz CT molecular complexity index is 767. The highest BCUT2D eigenvalue weighted by molar-refractivity contribution is 6.05. The molecule has 0 spiro atoms. The molecule has 1 aromatic rings. The van der Waals surface area contributed by atoms with Crippen molar-refractivity contribution in [2.45, 2.75) is 122 Å². The predicted octanol–water partition coefficient (Wildman–Crippen LogP) is 8.54. The Labute approximate surface area is 213 Å². The smallest absolute Gasteiger partial charge is 0.335 e. The molecule has 0 heterocycles. The molecule has 35 heavy (non-hydrogen) atoms. The Morgan fingerprint density at radius 2 is 1.14 bits per heavy atom. The van der Waals surface area contributed by atoms with Crippen molar-refractivity contribution >= 4 is 18.0 Å². The third kappa shape index (κ3) is 11.0. The summed E-state index contributed by atoms with van der Waals surface area (Å²) in [6, 6.07) is 7.67. The van der Waals surface area contributed by atoms with Gasteiger partial charge in [-0.1, -0.05) is 128 Å². The van der Waals surface area contributed by atoms with Crippen LogP contribution in [0.1, 0.15) is 134 Å². The first-order chi connectivity index (χ1) is 17.2. The summed E-state index contributed by atoms with van der Waals surface area (Å²) >= 11 is 0. The molecule has 1 aliphatic carbocycles. The van der Waals surface area contributed by atoms with E-state index in [1.165, 1.54) is 77.0 Å². The number of hydrogen-bond donors (Lipinski definition) is 0. The lowest BCUT2D eigenvalue weighted by atomic mass is 9.96. The van der Waals surface area contributed by atoms with Crippen LogP contribution in [0.15, 0.2) is 29.8 Å². The van der Waals surface area contributed by atoms with Crippen molar-refractivity contribution in [3.05, 3.63) is 41.0 Å². The van der Waals surface area contributed by atoms with E-state index >= 15 is 0 Å².